The summed E-state index contributed by atoms with van der Waals surface area (Å²) < 4.78 is 5.25. The number of ether oxygens (including phenoxy) is 1. The van der Waals surface area contributed by atoms with Crippen LogP contribution < -0.4 is 15.4 Å². The topological polar surface area (TPSA) is 33.3 Å². The summed E-state index contributed by atoms with van der Waals surface area (Å²) in [5, 5.41) is 6.90. The minimum atomic E-state index is 0.460. The smallest absolute Gasteiger partial charge is 0.119 e. The van der Waals surface area contributed by atoms with Gasteiger partial charge in [-0.1, -0.05) is 6.92 Å². The van der Waals surface area contributed by atoms with Crippen molar-refractivity contribution in [1.29, 1.82) is 0 Å². The van der Waals surface area contributed by atoms with Crippen LogP contribution in [-0.4, -0.2) is 20.2 Å². The fourth-order valence-electron chi connectivity index (χ4n) is 2.08. The molecule has 0 bridgehead atoms. The first kappa shape index (κ1) is 10.3. The van der Waals surface area contributed by atoms with Gasteiger partial charge in [-0.3, -0.25) is 0 Å². The number of rotatable bonds is 3. The molecule has 1 aliphatic rings. The standard InChI is InChI=1S/C12H18N2O/c1-3-13-12-6-7-14-11-5-4-9(15-2)8-10(11)12/h4-5,8,12-14H,3,6-7H2,1-2H3. The molecule has 0 amide bonds. The van der Waals surface area contributed by atoms with Gasteiger partial charge in [0.05, 0.1) is 7.11 Å². The zero-order valence-electron chi connectivity index (χ0n) is 9.34. The summed E-state index contributed by atoms with van der Waals surface area (Å²) in [6.07, 6.45) is 1.13. The Morgan fingerprint density at radius 2 is 2.40 bits per heavy atom. The Morgan fingerprint density at radius 1 is 1.53 bits per heavy atom. The first-order valence-electron chi connectivity index (χ1n) is 5.50. The summed E-state index contributed by atoms with van der Waals surface area (Å²) in [6.45, 7) is 4.18. The first-order chi connectivity index (χ1) is 7.35. The van der Waals surface area contributed by atoms with Crippen molar-refractivity contribution in [2.75, 3.05) is 25.5 Å². The van der Waals surface area contributed by atoms with Crippen LogP contribution in [0.2, 0.25) is 0 Å². The zero-order chi connectivity index (χ0) is 10.7. The molecular formula is C12H18N2O. The van der Waals surface area contributed by atoms with E-state index in [1.165, 1.54) is 11.3 Å². The highest BCUT2D eigenvalue weighted by Gasteiger charge is 2.19. The van der Waals surface area contributed by atoms with Crippen molar-refractivity contribution in [2.24, 2.45) is 0 Å². The molecule has 0 spiro atoms. The Labute approximate surface area is 90.8 Å². The molecular weight excluding hydrogens is 188 g/mol. The SMILES string of the molecule is CCNC1CCNc2ccc(OC)cc21. The van der Waals surface area contributed by atoms with Gasteiger partial charge in [-0.2, -0.15) is 0 Å². The molecule has 0 radical (unpaired) electrons. The Morgan fingerprint density at radius 3 is 3.13 bits per heavy atom. The lowest BCUT2D eigenvalue weighted by molar-refractivity contribution is 0.412. The molecule has 0 fully saturated rings. The molecule has 0 saturated heterocycles. The molecule has 1 heterocycles. The van der Waals surface area contributed by atoms with Crippen molar-refractivity contribution in [2.45, 2.75) is 19.4 Å². The van der Waals surface area contributed by atoms with Crippen molar-refractivity contribution < 1.29 is 4.74 Å². The average molecular weight is 206 g/mol. The Kier molecular flexibility index (Phi) is 3.11. The molecule has 2 rings (SSSR count). The van der Waals surface area contributed by atoms with Crippen LogP contribution in [-0.2, 0) is 0 Å². The minimum Gasteiger partial charge on any atom is -0.497 e. The highest BCUT2D eigenvalue weighted by molar-refractivity contribution is 5.57. The van der Waals surface area contributed by atoms with Gasteiger partial charge < -0.3 is 15.4 Å². The third-order valence-corrected chi connectivity index (χ3v) is 2.83. The molecule has 0 aliphatic carbocycles. The van der Waals surface area contributed by atoms with Crippen LogP contribution in [0.1, 0.15) is 24.9 Å². The van der Waals surface area contributed by atoms with Crippen molar-refractivity contribution in [3.63, 3.8) is 0 Å². The Balaban J connectivity index is 2.30. The highest BCUT2D eigenvalue weighted by atomic mass is 16.5. The number of hydrogen-bond acceptors (Lipinski definition) is 3. The van der Waals surface area contributed by atoms with Gasteiger partial charge in [0, 0.05) is 18.3 Å². The van der Waals surface area contributed by atoms with E-state index in [9.17, 15) is 0 Å². The first-order valence-corrected chi connectivity index (χ1v) is 5.50. The van der Waals surface area contributed by atoms with E-state index < -0.39 is 0 Å². The van der Waals surface area contributed by atoms with Crippen molar-refractivity contribution >= 4 is 5.69 Å². The van der Waals surface area contributed by atoms with Crippen molar-refractivity contribution in [1.82, 2.24) is 5.32 Å². The molecule has 82 valence electrons. The quantitative estimate of drug-likeness (QED) is 0.795. The van der Waals surface area contributed by atoms with Crippen LogP contribution in [0.3, 0.4) is 0 Å². The van der Waals surface area contributed by atoms with E-state index in [0.29, 0.717) is 6.04 Å². The number of fused-ring (bicyclic) bond motifs is 1. The number of benzene rings is 1. The highest BCUT2D eigenvalue weighted by Crippen LogP contribution is 2.32. The Hall–Kier alpha value is -1.22. The molecule has 0 aromatic heterocycles. The molecule has 3 heteroatoms. The molecule has 1 aliphatic heterocycles. The van der Waals surface area contributed by atoms with Crippen LogP contribution >= 0.6 is 0 Å². The van der Waals surface area contributed by atoms with E-state index in [1.54, 1.807) is 7.11 Å². The maximum absolute atomic E-state index is 5.25. The van der Waals surface area contributed by atoms with Crippen LogP contribution in [0.5, 0.6) is 5.75 Å². The van der Waals surface area contributed by atoms with Gasteiger partial charge in [0.15, 0.2) is 0 Å². The summed E-state index contributed by atoms with van der Waals surface area (Å²) in [6, 6.07) is 6.67. The fourth-order valence-corrected chi connectivity index (χ4v) is 2.08. The van der Waals surface area contributed by atoms with Crippen LogP contribution in [0.4, 0.5) is 5.69 Å². The van der Waals surface area contributed by atoms with E-state index in [2.05, 4.69) is 29.7 Å². The molecule has 0 saturated carbocycles. The largest absolute Gasteiger partial charge is 0.497 e. The van der Waals surface area contributed by atoms with E-state index >= 15 is 0 Å². The number of methoxy groups -OCH3 is 1. The minimum absolute atomic E-state index is 0.460. The van der Waals surface area contributed by atoms with E-state index in [1.807, 2.05) is 6.07 Å². The predicted octanol–water partition coefficient (Wildman–Crippen LogP) is 2.16. The van der Waals surface area contributed by atoms with E-state index in [4.69, 9.17) is 4.74 Å². The summed E-state index contributed by atoms with van der Waals surface area (Å²) in [5.41, 5.74) is 2.55. The lowest BCUT2D eigenvalue weighted by Gasteiger charge is -2.27. The maximum Gasteiger partial charge on any atom is 0.119 e. The van der Waals surface area contributed by atoms with Crippen LogP contribution in [0, 0.1) is 0 Å². The van der Waals surface area contributed by atoms with Gasteiger partial charge in [0.25, 0.3) is 0 Å². The second-order valence-electron chi connectivity index (χ2n) is 3.78. The van der Waals surface area contributed by atoms with Crippen LogP contribution in [0.15, 0.2) is 18.2 Å². The molecule has 2 N–H and O–H groups in total. The summed E-state index contributed by atoms with van der Waals surface area (Å²) in [7, 11) is 1.71. The normalized spacial score (nSPS) is 19.2. The van der Waals surface area contributed by atoms with Crippen molar-refractivity contribution in [3.8, 4) is 5.75 Å². The molecule has 1 aromatic rings. The number of anilines is 1. The Bertz CT molecular complexity index is 338. The molecule has 15 heavy (non-hydrogen) atoms. The summed E-state index contributed by atoms with van der Waals surface area (Å²) in [4.78, 5) is 0. The predicted molar refractivity (Wildman–Crippen MR) is 62.5 cm³/mol. The molecule has 1 unspecified atom stereocenters. The van der Waals surface area contributed by atoms with Gasteiger partial charge in [-0.05, 0) is 36.7 Å². The zero-order valence-corrected chi connectivity index (χ0v) is 9.34. The van der Waals surface area contributed by atoms with E-state index in [-0.39, 0.29) is 0 Å². The lowest BCUT2D eigenvalue weighted by atomic mass is 9.97. The van der Waals surface area contributed by atoms with Gasteiger partial charge in [0.2, 0.25) is 0 Å². The van der Waals surface area contributed by atoms with Gasteiger partial charge >= 0.3 is 0 Å². The van der Waals surface area contributed by atoms with Crippen molar-refractivity contribution in [3.05, 3.63) is 23.8 Å². The third kappa shape index (κ3) is 2.07. The van der Waals surface area contributed by atoms with Gasteiger partial charge in [-0.25, -0.2) is 0 Å². The van der Waals surface area contributed by atoms with Gasteiger partial charge in [0.1, 0.15) is 5.75 Å². The summed E-state index contributed by atoms with van der Waals surface area (Å²) >= 11 is 0. The second kappa shape index (κ2) is 4.53. The van der Waals surface area contributed by atoms with E-state index in [0.717, 1.165) is 25.3 Å². The fraction of sp³-hybridized carbons (Fsp3) is 0.500. The molecule has 3 nitrogen and oxygen atoms in total. The maximum atomic E-state index is 5.25. The summed E-state index contributed by atoms with van der Waals surface area (Å²) in [5.74, 6) is 0.931. The molecule has 1 aromatic carbocycles. The average Bonchev–Trinajstić information content (AvgIpc) is 2.29. The molecule has 1 atom stereocenters. The van der Waals surface area contributed by atoms with Crippen LogP contribution in [0.25, 0.3) is 0 Å². The number of hydrogen-bond donors (Lipinski definition) is 2. The second-order valence-corrected chi connectivity index (χ2v) is 3.78. The lowest BCUT2D eigenvalue weighted by Crippen LogP contribution is -2.28. The van der Waals surface area contributed by atoms with Gasteiger partial charge in [-0.15, -0.1) is 0 Å². The monoisotopic (exact) mass is 206 g/mol. The number of nitrogens with one attached hydrogen (secondary N) is 2. The third-order valence-electron chi connectivity index (χ3n) is 2.83.